The molecule has 5 heteroatoms. The molecule has 0 aliphatic rings. The highest BCUT2D eigenvalue weighted by molar-refractivity contribution is 6.16. The average molecular weight is 251 g/mol. The van der Waals surface area contributed by atoms with E-state index in [1.807, 2.05) is 18.2 Å². The average Bonchev–Trinajstić information content (AvgIpc) is 2.86. The van der Waals surface area contributed by atoms with Crippen LogP contribution in [0.3, 0.4) is 0 Å². The van der Waals surface area contributed by atoms with Gasteiger partial charge >= 0.3 is 0 Å². The number of nitrogens with one attached hydrogen (secondary N) is 1. The van der Waals surface area contributed by atoms with Crippen LogP contribution >= 0.6 is 11.6 Å². The van der Waals surface area contributed by atoms with Crippen LogP contribution in [0.2, 0.25) is 0 Å². The van der Waals surface area contributed by atoms with Gasteiger partial charge in [-0.15, -0.1) is 11.6 Å². The fourth-order valence-corrected chi connectivity index (χ4v) is 1.48. The molecule has 0 saturated heterocycles. The zero-order chi connectivity index (χ0) is 12.1. The molecule has 0 bridgehead atoms. The van der Waals surface area contributed by atoms with Crippen molar-refractivity contribution in [2.45, 2.75) is 12.4 Å². The number of hydrogen-bond acceptors (Lipinski definition) is 3. The van der Waals surface area contributed by atoms with Crippen LogP contribution in [0.5, 0.6) is 0 Å². The van der Waals surface area contributed by atoms with Crippen molar-refractivity contribution in [2.75, 3.05) is 0 Å². The Labute approximate surface area is 104 Å². The third kappa shape index (κ3) is 3.07. The first-order chi connectivity index (χ1) is 8.29. The Bertz CT molecular complexity index is 496. The topological polar surface area (TPSA) is 55.1 Å². The van der Waals surface area contributed by atoms with E-state index in [2.05, 4.69) is 10.3 Å². The molecule has 2 rings (SSSR count). The predicted molar refractivity (Wildman–Crippen MR) is 63.7 cm³/mol. The van der Waals surface area contributed by atoms with E-state index in [0.717, 1.165) is 5.69 Å². The highest BCUT2D eigenvalue weighted by Crippen LogP contribution is 2.10. The van der Waals surface area contributed by atoms with Crippen LogP contribution in [-0.4, -0.2) is 10.9 Å². The monoisotopic (exact) mass is 250 g/mol. The number of amides is 1. The first kappa shape index (κ1) is 11.7. The van der Waals surface area contributed by atoms with E-state index < -0.39 is 0 Å². The summed E-state index contributed by atoms with van der Waals surface area (Å²) in [6, 6.07) is 8.82. The lowest BCUT2D eigenvalue weighted by Gasteiger charge is -2.01. The number of halogens is 1. The Morgan fingerprint density at radius 3 is 2.88 bits per heavy atom. The Morgan fingerprint density at radius 2 is 2.24 bits per heavy atom. The highest BCUT2D eigenvalue weighted by atomic mass is 35.5. The predicted octanol–water partition coefficient (Wildman–Crippen LogP) is 2.34. The Hall–Kier alpha value is -1.81. The second-order valence-electron chi connectivity index (χ2n) is 3.40. The minimum absolute atomic E-state index is 0.257. The number of hydrogen-bond donors (Lipinski definition) is 1. The number of rotatable bonds is 4. The van der Waals surface area contributed by atoms with Gasteiger partial charge in [-0.2, -0.15) is 0 Å². The molecule has 2 aromatic rings. The van der Waals surface area contributed by atoms with Gasteiger partial charge in [-0.1, -0.05) is 6.07 Å². The van der Waals surface area contributed by atoms with E-state index in [4.69, 9.17) is 16.0 Å². The van der Waals surface area contributed by atoms with E-state index in [1.54, 1.807) is 18.3 Å². The van der Waals surface area contributed by atoms with E-state index in [9.17, 15) is 4.79 Å². The Balaban J connectivity index is 1.93. The summed E-state index contributed by atoms with van der Waals surface area (Å²) >= 11 is 5.58. The van der Waals surface area contributed by atoms with Crippen molar-refractivity contribution in [3.8, 4) is 0 Å². The van der Waals surface area contributed by atoms with Gasteiger partial charge in [0.25, 0.3) is 5.91 Å². The molecule has 88 valence electrons. The normalized spacial score (nSPS) is 10.2. The molecule has 0 aliphatic heterocycles. The standard InChI is InChI=1S/C12H11ClN2O2/c13-7-10-4-5-11(17-10)12(16)15-8-9-3-1-2-6-14-9/h1-6H,7-8H2,(H,15,16). The van der Waals surface area contributed by atoms with Gasteiger partial charge in [0.2, 0.25) is 0 Å². The fourth-order valence-electron chi connectivity index (χ4n) is 1.33. The molecule has 0 saturated carbocycles. The van der Waals surface area contributed by atoms with E-state index >= 15 is 0 Å². The Morgan fingerprint density at radius 1 is 1.35 bits per heavy atom. The third-order valence-corrected chi connectivity index (χ3v) is 2.44. The van der Waals surface area contributed by atoms with E-state index in [1.165, 1.54) is 0 Å². The van der Waals surface area contributed by atoms with Gasteiger partial charge in [0, 0.05) is 6.20 Å². The lowest BCUT2D eigenvalue weighted by atomic mass is 10.3. The van der Waals surface area contributed by atoms with Crippen molar-refractivity contribution >= 4 is 17.5 Å². The van der Waals surface area contributed by atoms with Gasteiger partial charge in [0.1, 0.15) is 5.76 Å². The van der Waals surface area contributed by atoms with Gasteiger partial charge < -0.3 is 9.73 Å². The van der Waals surface area contributed by atoms with E-state index in [-0.39, 0.29) is 17.5 Å². The number of furan rings is 1. The van der Waals surface area contributed by atoms with Crippen molar-refractivity contribution in [3.63, 3.8) is 0 Å². The van der Waals surface area contributed by atoms with E-state index in [0.29, 0.717) is 12.3 Å². The summed E-state index contributed by atoms with van der Waals surface area (Å²) in [6.07, 6.45) is 1.68. The lowest BCUT2D eigenvalue weighted by Crippen LogP contribution is -2.22. The molecular weight excluding hydrogens is 240 g/mol. The summed E-state index contributed by atoms with van der Waals surface area (Å²) < 4.78 is 5.22. The van der Waals surface area contributed by atoms with Crippen LogP contribution in [0.15, 0.2) is 40.9 Å². The van der Waals surface area contributed by atoms with Gasteiger partial charge in [0.05, 0.1) is 18.1 Å². The smallest absolute Gasteiger partial charge is 0.287 e. The van der Waals surface area contributed by atoms with Crippen molar-refractivity contribution in [2.24, 2.45) is 0 Å². The number of alkyl halides is 1. The van der Waals surface area contributed by atoms with Crippen molar-refractivity contribution in [3.05, 3.63) is 53.7 Å². The molecule has 0 aliphatic carbocycles. The van der Waals surface area contributed by atoms with Gasteiger partial charge in [-0.3, -0.25) is 9.78 Å². The maximum absolute atomic E-state index is 11.7. The molecule has 4 nitrogen and oxygen atoms in total. The maximum atomic E-state index is 11.7. The molecule has 2 aromatic heterocycles. The number of pyridine rings is 1. The van der Waals surface area contributed by atoms with Crippen LogP contribution in [-0.2, 0) is 12.4 Å². The molecule has 0 radical (unpaired) electrons. The SMILES string of the molecule is O=C(NCc1ccccn1)c1ccc(CCl)o1. The quantitative estimate of drug-likeness (QED) is 0.848. The summed E-state index contributed by atoms with van der Waals surface area (Å²) in [7, 11) is 0. The second-order valence-corrected chi connectivity index (χ2v) is 3.67. The zero-order valence-electron chi connectivity index (χ0n) is 9.02. The second kappa shape index (κ2) is 5.50. The number of aromatic nitrogens is 1. The zero-order valence-corrected chi connectivity index (χ0v) is 9.78. The molecule has 0 aromatic carbocycles. The summed E-state index contributed by atoms with van der Waals surface area (Å²) in [5.41, 5.74) is 0.796. The third-order valence-electron chi connectivity index (χ3n) is 2.17. The summed E-state index contributed by atoms with van der Waals surface area (Å²) in [4.78, 5) is 15.8. The van der Waals surface area contributed by atoms with Gasteiger partial charge in [0.15, 0.2) is 5.76 Å². The first-order valence-corrected chi connectivity index (χ1v) is 5.66. The molecular formula is C12H11ClN2O2. The van der Waals surface area contributed by atoms with Crippen LogP contribution in [0.25, 0.3) is 0 Å². The van der Waals surface area contributed by atoms with Crippen LogP contribution < -0.4 is 5.32 Å². The lowest BCUT2D eigenvalue weighted by molar-refractivity contribution is 0.0921. The number of carbonyl (C=O) groups is 1. The maximum Gasteiger partial charge on any atom is 0.287 e. The van der Waals surface area contributed by atoms with Gasteiger partial charge in [-0.05, 0) is 24.3 Å². The molecule has 1 amide bonds. The molecule has 2 heterocycles. The number of nitrogens with zero attached hydrogens (tertiary/aromatic N) is 1. The molecule has 0 atom stereocenters. The fraction of sp³-hybridized carbons (Fsp3) is 0.167. The summed E-state index contributed by atoms with van der Waals surface area (Å²) in [6.45, 7) is 0.372. The molecule has 0 spiro atoms. The van der Waals surface area contributed by atoms with Crippen LogP contribution in [0, 0.1) is 0 Å². The van der Waals surface area contributed by atoms with Crippen molar-refractivity contribution in [1.82, 2.24) is 10.3 Å². The minimum Gasteiger partial charge on any atom is -0.455 e. The molecule has 0 fully saturated rings. The molecule has 17 heavy (non-hydrogen) atoms. The number of carbonyl (C=O) groups excluding carboxylic acids is 1. The van der Waals surface area contributed by atoms with Crippen molar-refractivity contribution < 1.29 is 9.21 Å². The summed E-state index contributed by atoms with van der Waals surface area (Å²) in [5, 5.41) is 2.71. The summed E-state index contributed by atoms with van der Waals surface area (Å²) in [5.74, 6) is 0.825. The minimum atomic E-state index is -0.271. The van der Waals surface area contributed by atoms with Crippen molar-refractivity contribution in [1.29, 1.82) is 0 Å². The highest BCUT2D eigenvalue weighted by Gasteiger charge is 2.10. The largest absolute Gasteiger partial charge is 0.455 e. The van der Waals surface area contributed by atoms with Crippen LogP contribution in [0.1, 0.15) is 22.0 Å². The molecule has 1 N–H and O–H groups in total. The first-order valence-electron chi connectivity index (χ1n) is 5.12. The Kier molecular flexibility index (Phi) is 3.77. The molecule has 0 unspecified atom stereocenters. The van der Waals surface area contributed by atoms with Gasteiger partial charge in [-0.25, -0.2) is 0 Å². The van der Waals surface area contributed by atoms with Crippen LogP contribution in [0.4, 0.5) is 0 Å².